The van der Waals surface area contributed by atoms with E-state index in [2.05, 4.69) is 77.9 Å². The Bertz CT molecular complexity index is 1140. The lowest BCUT2D eigenvalue weighted by Gasteiger charge is -2.34. The average molecular weight is 489 g/mol. The van der Waals surface area contributed by atoms with Crippen LogP contribution in [0, 0.1) is 11.7 Å². The first-order valence-electron chi connectivity index (χ1n) is 12.7. The monoisotopic (exact) mass is 488 g/mol. The molecule has 1 fully saturated rings. The molecule has 1 aromatic heterocycles. The fraction of sp³-hybridized carbons (Fsp3) is 0.367. The number of aromatic nitrogens is 1. The van der Waals surface area contributed by atoms with Crippen LogP contribution in [0.1, 0.15) is 25.1 Å². The minimum atomic E-state index is -0.299. The van der Waals surface area contributed by atoms with Crippen molar-refractivity contribution in [2.24, 2.45) is 5.92 Å². The molecule has 0 bridgehead atoms. The van der Waals surface area contributed by atoms with Crippen LogP contribution in [-0.2, 0) is 13.0 Å². The summed E-state index contributed by atoms with van der Waals surface area (Å²) in [6.07, 6.45) is 2.52. The molecule has 6 heteroatoms. The van der Waals surface area contributed by atoms with Crippen molar-refractivity contribution < 1.29 is 9.13 Å². The van der Waals surface area contributed by atoms with E-state index in [1.807, 2.05) is 18.3 Å². The van der Waals surface area contributed by atoms with Gasteiger partial charge < -0.3 is 19.9 Å². The van der Waals surface area contributed by atoms with Crippen molar-refractivity contribution in [3.05, 3.63) is 90.1 Å². The molecular formula is C30H37FN4O. The van der Waals surface area contributed by atoms with Gasteiger partial charge in [0.1, 0.15) is 11.6 Å². The molecule has 0 unspecified atom stereocenters. The molecule has 0 saturated carbocycles. The first-order valence-corrected chi connectivity index (χ1v) is 12.7. The van der Waals surface area contributed by atoms with Gasteiger partial charge >= 0.3 is 0 Å². The van der Waals surface area contributed by atoms with Crippen molar-refractivity contribution in [1.29, 1.82) is 0 Å². The van der Waals surface area contributed by atoms with Gasteiger partial charge in [0.2, 0.25) is 0 Å². The average Bonchev–Trinajstić information content (AvgIpc) is 2.87. The molecule has 36 heavy (non-hydrogen) atoms. The van der Waals surface area contributed by atoms with Gasteiger partial charge in [-0.25, -0.2) is 4.39 Å². The van der Waals surface area contributed by atoms with Crippen LogP contribution in [0.4, 0.5) is 10.1 Å². The van der Waals surface area contributed by atoms with E-state index in [0.29, 0.717) is 31.2 Å². The summed E-state index contributed by atoms with van der Waals surface area (Å²) in [5.74, 6) is 0.641. The Hall–Kier alpha value is -3.38. The Kier molecular flexibility index (Phi) is 8.60. The molecule has 1 aliphatic rings. The highest BCUT2D eigenvalue weighted by Gasteiger charge is 2.14. The van der Waals surface area contributed by atoms with Crippen LogP contribution >= 0.6 is 0 Å². The fourth-order valence-electron chi connectivity index (χ4n) is 4.21. The van der Waals surface area contributed by atoms with E-state index >= 15 is 0 Å². The maximum Gasteiger partial charge on any atom is 0.127 e. The highest BCUT2D eigenvalue weighted by atomic mass is 19.1. The lowest BCUT2D eigenvalue weighted by atomic mass is 10.1. The summed E-state index contributed by atoms with van der Waals surface area (Å²) in [6, 6.07) is 17.7. The standard InChI is InChI=1S/C30H37FN4O/c1-22(2)21-36-30-17-24(16-27(31)18-30)19-32-23(3)15-28-8-5-26(20-33-28)25-6-9-29(10-7-25)35-13-11-34(4)12-14-35/h5-10,16-18,20,22,32H,3,11-15,19,21H2,1-2,4H3. The zero-order valence-corrected chi connectivity index (χ0v) is 21.6. The fourth-order valence-corrected chi connectivity index (χ4v) is 4.21. The Morgan fingerprint density at radius 2 is 1.75 bits per heavy atom. The minimum absolute atomic E-state index is 0.299. The van der Waals surface area contributed by atoms with Gasteiger partial charge in [0.25, 0.3) is 0 Å². The summed E-state index contributed by atoms with van der Waals surface area (Å²) in [7, 11) is 2.17. The summed E-state index contributed by atoms with van der Waals surface area (Å²) in [4.78, 5) is 9.45. The first kappa shape index (κ1) is 25.7. The molecule has 2 aromatic carbocycles. The number of hydrogen-bond acceptors (Lipinski definition) is 5. The van der Waals surface area contributed by atoms with E-state index < -0.39 is 0 Å². The molecule has 5 nitrogen and oxygen atoms in total. The topological polar surface area (TPSA) is 40.6 Å². The molecule has 0 amide bonds. The Morgan fingerprint density at radius 1 is 1.03 bits per heavy atom. The Morgan fingerprint density at radius 3 is 2.42 bits per heavy atom. The van der Waals surface area contributed by atoms with Crippen LogP contribution in [0.3, 0.4) is 0 Å². The number of nitrogens with zero attached hydrogens (tertiary/aromatic N) is 3. The summed E-state index contributed by atoms with van der Waals surface area (Å²) < 4.78 is 19.7. The SMILES string of the molecule is C=C(Cc1ccc(-c2ccc(N3CCN(C)CC3)cc2)cn1)NCc1cc(F)cc(OCC(C)C)c1. The number of rotatable bonds is 10. The number of halogens is 1. The second kappa shape index (κ2) is 12.0. The third-order valence-corrected chi connectivity index (χ3v) is 6.35. The zero-order chi connectivity index (χ0) is 25.5. The van der Waals surface area contributed by atoms with E-state index in [1.54, 1.807) is 0 Å². The van der Waals surface area contributed by atoms with Crippen molar-refractivity contribution in [3.63, 3.8) is 0 Å². The zero-order valence-electron chi connectivity index (χ0n) is 21.6. The highest BCUT2D eigenvalue weighted by Crippen LogP contribution is 2.24. The van der Waals surface area contributed by atoms with Gasteiger partial charge in [-0.1, -0.05) is 38.6 Å². The number of allylic oxidation sites excluding steroid dienone is 1. The first-order chi connectivity index (χ1) is 17.4. The molecular weight excluding hydrogens is 451 g/mol. The molecule has 0 aliphatic carbocycles. The lowest BCUT2D eigenvalue weighted by molar-refractivity contribution is 0.269. The van der Waals surface area contributed by atoms with Gasteiger partial charge in [0.15, 0.2) is 0 Å². The maximum atomic E-state index is 14.0. The quantitative estimate of drug-likeness (QED) is 0.407. The number of anilines is 1. The van der Waals surface area contributed by atoms with E-state index in [9.17, 15) is 4.39 Å². The van der Waals surface area contributed by atoms with Crippen LogP contribution in [0.5, 0.6) is 5.75 Å². The Labute approximate surface area is 214 Å². The van der Waals surface area contributed by atoms with Crippen molar-refractivity contribution in [3.8, 4) is 16.9 Å². The van der Waals surface area contributed by atoms with E-state index in [-0.39, 0.29) is 5.82 Å². The molecule has 190 valence electrons. The van der Waals surface area contributed by atoms with Gasteiger partial charge in [0.05, 0.1) is 6.61 Å². The van der Waals surface area contributed by atoms with E-state index in [1.165, 1.54) is 17.8 Å². The largest absolute Gasteiger partial charge is 0.493 e. The highest BCUT2D eigenvalue weighted by molar-refractivity contribution is 5.65. The summed E-state index contributed by atoms with van der Waals surface area (Å²) in [5, 5.41) is 3.29. The van der Waals surface area contributed by atoms with Gasteiger partial charge in [-0.2, -0.15) is 0 Å². The molecule has 1 N–H and O–H groups in total. The normalized spacial score (nSPS) is 14.2. The molecule has 2 heterocycles. The van der Waals surface area contributed by atoms with Gasteiger partial charge in [0, 0.05) is 74.0 Å². The van der Waals surface area contributed by atoms with E-state index in [4.69, 9.17) is 4.74 Å². The molecule has 0 radical (unpaired) electrons. The van der Waals surface area contributed by atoms with Crippen LogP contribution < -0.4 is 15.0 Å². The smallest absolute Gasteiger partial charge is 0.127 e. The van der Waals surface area contributed by atoms with Crippen LogP contribution in [0.25, 0.3) is 11.1 Å². The third-order valence-electron chi connectivity index (χ3n) is 6.35. The molecule has 3 aromatic rings. The molecule has 0 atom stereocenters. The molecule has 1 aliphatic heterocycles. The lowest BCUT2D eigenvalue weighted by Crippen LogP contribution is -2.44. The maximum absolute atomic E-state index is 14.0. The van der Waals surface area contributed by atoms with Crippen molar-refractivity contribution in [2.45, 2.75) is 26.8 Å². The Balaban J connectivity index is 1.29. The van der Waals surface area contributed by atoms with Crippen LogP contribution in [0.15, 0.2) is 73.1 Å². The van der Waals surface area contributed by atoms with Gasteiger partial charge in [-0.3, -0.25) is 4.98 Å². The third kappa shape index (κ3) is 7.31. The number of benzene rings is 2. The number of hydrogen-bond donors (Lipinski definition) is 1. The van der Waals surface area contributed by atoms with E-state index in [0.717, 1.165) is 54.3 Å². The number of nitrogens with one attached hydrogen (secondary N) is 1. The van der Waals surface area contributed by atoms with Crippen molar-refractivity contribution in [2.75, 3.05) is 44.7 Å². The number of piperazine rings is 1. The number of pyridine rings is 1. The minimum Gasteiger partial charge on any atom is -0.493 e. The molecule has 0 spiro atoms. The molecule has 4 rings (SSSR count). The summed E-state index contributed by atoms with van der Waals surface area (Å²) >= 11 is 0. The predicted molar refractivity (Wildman–Crippen MR) is 146 cm³/mol. The van der Waals surface area contributed by atoms with Gasteiger partial charge in [-0.05, 0) is 54.4 Å². The second-order valence-electron chi connectivity index (χ2n) is 10.0. The van der Waals surface area contributed by atoms with Crippen molar-refractivity contribution >= 4 is 5.69 Å². The molecule has 1 saturated heterocycles. The van der Waals surface area contributed by atoms with Crippen molar-refractivity contribution in [1.82, 2.24) is 15.2 Å². The second-order valence-corrected chi connectivity index (χ2v) is 10.0. The number of likely N-dealkylation sites (N-methyl/N-ethyl adjacent to an activating group) is 1. The van der Waals surface area contributed by atoms with Crippen LogP contribution in [-0.4, -0.2) is 49.7 Å². The van der Waals surface area contributed by atoms with Crippen LogP contribution in [0.2, 0.25) is 0 Å². The summed E-state index contributed by atoms with van der Waals surface area (Å²) in [6.45, 7) is 13.6. The number of ether oxygens (including phenoxy) is 1. The summed E-state index contributed by atoms with van der Waals surface area (Å²) in [5.41, 5.74) is 6.11. The predicted octanol–water partition coefficient (Wildman–Crippen LogP) is 5.52. The van der Waals surface area contributed by atoms with Gasteiger partial charge in [-0.15, -0.1) is 0 Å².